The van der Waals surface area contributed by atoms with E-state index in [1.807, 2.05) is 42.5 Å². The first kappa shape index (κ1) is 21.2. The Labute approximate surface area is 164 Å². The first-order valence-corrected chi connectivity index (χ1v) is 8.77. The minimum absolute atomic E-state index is 0.252. The zero-order valence-electron chi connectivity index (χ0n) is 15.5. The van der Waals surface area contributed by atoms with E-state index in [-0.39, 0.29) is 6.42 Å². The molecule has 7 nitrogen and oxygen atoms in total. The number of hydrogen-bond acceptors (Lipinski definition) is 5. The predicted molar refractivity (Wildman–Crippen MR) is 106 cm³/mol. The van der Waals surface area contributed by atoms with Crippen molar-refractivity contribution in [2.75, 3.05) is 7.11 Å². The molecule has 0 saturated carbocycles. The molecule has 28 heavy (non-hydrogen) atoms. The second kappa shape index (κ2) is 10.9. The Bertz CT molecular complexity index is 794. The molecule has 146 valence electrons. The SMILES string of the molecule is COc1ccc(CNC(=O)/C=C/C(=O)NC(Cc2ccccc2)B(O)O)cc1. The van der Waals surface area contributed by atoms with Crippen molar-refractivity contribution in [1.29, 1.82) is 0 Å². The third-order valence-corrected chi connectivity index (χ3v) is 4.00. The summed E-state index contributed by atoms with van der Waals surface area (Å²) in [6, 6.07) is 16.4. The van der Waals surface area contributed by atoms with Gasteiger partial charge in [-0.3, -0.25) is 9.59 Å². The van der Waals surface area contributed by atoms with Crippen molar-refractivity contribution in [3.8, 4) is 5.75 Å². The molecule has 0 aliphatic rings. The first-order valence-electron chi connectivity index (χ1n) is 8.77. The quantitative estimate of drug-likeness (QED) is 0.376. The van der Waals surface area contributed by atoms with Gasteiger partial charge in [0.2, 0.25) is 11.8 Å². The van der Waals surface area contributed by atoms with E-state index in [9.17, 15) is 19.6 Å². The molecule has 0 spiro atoms. The molecule has 0 aliphatic carbocycles. The highest BCUT2D eigenvalue weighted by molar-refractivity contribution is 6.43. The fourth-order valence-electron chi connectivity index (χ4n) is 2.47. The maximum atomic E-state index is 12.0. The van der Waals surface area contributed by atoms with Gasteiger partial charge < -0.3 is 25.4 Å². The average molecular weight is 382 g/mol. The van der Waals surface area contributed by atoms with Crippen molar-refractivity contribution in [1.82, 2.24) is 10.6 Å². The van der Waals surface area contributed by atoms with Crippen LogP contribution in [0.5, 0.6) is 5.75 Å². The van der Waals surface area contributed by atoms with Crippen molar-refractivity contribution in [2.45, 2.75) is 18.9 Å². The average Bonchev–Trinajstić information content (AvgIpc) is 2.71. The minimum Gasteiger partial charge on any atom is -0.497 e. The molecule has 1 unspecified atom stereocenters. The summed E-state index contributed by atoms with van der Waals surface area (Å²) in [4.78, 5) is 23.8. The van der Waals surface area contributed by atoms with Crippen molar-refractivity contribution in [2.24, 2.45) is 0 Å². The molecule has 0 saturated heterocycles. The fourth-order valence-corrected chi connectivity index (χ4v) is 2.47. The van der Waals surface area contributed by atoms with Crippen molar-refractivity contribution in [3.05, 3.63) is 77.9 Å². The van der Waals surface area contributed by atoms with E-state index >= 15 is 0 Å². The Morgan fingerprint density at radius 1 is 1.00 bits per heavy atom. The highest BCUT2D eigenvalue weighted by Crippen LogP contribution is 2.10. The van der Waals surface area contributed by atoms with Crippen LogP contribution in [-0.2, 0) is 22.6 Å². The molecule has 0 aromatic heterocycles. The molecule has 1 atom stereocenters. The zero-order valence-corrected chi connectivity index (χ0v) is 15.5. The Kier molecular flexibility index (Phi) is 8.26. The van der Waals surface area contributed by atoms with E-state index in [0.717, 1.165) is 29.0 Å². The van der Waals surface area contributed by atoms with Crippen molar-refractivity contribution < 1.29 is 24.4 Å². The number of hydrogen-bond donors (Lipinski definition) is 4. The molecule has 0 heterocycles. The summed E-state index contributed by atoms with van der Waals surface area (Å²) in [5.41, 5.74) is 1.74. The zero-order chi connectivity index (χ0) is 20.4. The molecule has 2 rings (SSSR count). The third kappa shape index (κ3) is 7.26. The maximum absolute atomic E-state index is 12.0. The molecule has 2 aromatic rings. The topological polar surface area (TPSA) is 108 Å². The molecular formula is C20H23BN2O5. The van der Waals surface area contributed by atoms with Gasteiger partial charge in [0.1, 0.15) is 5.75 Å². The lowest BCUT2D eigenvalue weighted by atomic mass is 9.76. The molecule has 2 aromatic carbocycles. The van der Waals surface area contributed by atoms with Gasteiger partial charge in [0, 0.05) is 18.7 Å². The molecule has 0 fully saturated rings. The fraction of sp³-hybridized carbons (Fsp3) is 0.200. The van der Waals surface area contributed by atoms with Crippen LogP contribution in [-0.4, -0.2) is 42.0 Å². The molecule has 0 aliphatic heterocycles. The predicted octanol–water partition coefficient (Wildman–Crippen LogP) is 0.607. The summed E-state index contributed by atoms with van der Waals surface area (Å²) in [7, 11) is -0.145. The van der Waals surface area contributed by atoms with Crippen LogP contribution in [0.2, 0.25) is 0 Å². The summed E-state index contributed by atoms with van der Waals surface area (Å²) in [6.07, 6.45) is 2.41. The van der Waals surface area contributed by atoms with Gasteiger partial charge in [-0.1, -0.05) is 42.5 Å². The lowest BCUT2D eigenvalue weighted by Crippen LogP contribution is -2.47. The number of carbonyl (C=O) groups excluding carboxylic acids is 2. The van der Waals surface area contributed by atoms with E-state index in [0.29, 0.717) is 6.54 Å². The van der Waals surface area contributed by atoms with E-state index in [1.54, 1.807) is 19.2 Å². The summed E-state index contributed by atoms with van der Waals surface area (Å²) >= 11 is 0. The van der Waals surface area contributed by atoms with Gasteiger partial charge in [-0.25, -0.2) is 0 Å². The second-order valence-electron chi connectivity index (χ2n) is 6.12. The lowest BCUT2D eigenvalue weighted by Gasteiger charge is -2.16. The van der Waals surface area contributed by atoms with Gasteiger partial charge in [0.15, 0.2) is 0 Å². The largest absolute Gasteiger partial charge is 0.497 e. The summed E-state index contributed by atoms with van der Waals surface area (Å²) in [6.45, 7) is 0.306. The highest BCUT2D eigenvalue weighted by atomic mass is 16.5. The highest BCUT2D eigenvalue weighted by Gasteiger charge is 2.24. The Balaban J connectivity index is 1.82. The number of ether oxygens (including phenoxy) is 1. The lowest BCUT2D eigenvalue weighted by molar-refractivity contribution is -0.119. The molecule has 0 bridgehead atoms. The standard InChI is InChI=1S/C20H23BN2O5/c1-28-17-9-7-16(8-10-17)14-22-19(24)11-12-20(25)23-18(21(26)27)13-15-5-3-2-4-6-15/h2-12,18,26-27H,13-14H2,1H3,(H,22,24)(H,23,25)/b12-11+. The summed E-state index contributed by atoms with van der Waals surface area (Å²) in [5.74, 6) is -1.19. The van der Waals surface area contributed by atoms with Crippen LogP contribution < -0.4 is 15.4 Å². The van der Waals surface area contributed by atoms with Crippen LogP contribution in [0.25, 0.3) is 0 Å². The van der Waals surface area contributed by atoms with Crippen LogP contribution in [0.4, 0.5) is 0 Å². The van der Waals surface area contributed by atoms with Gasteiger partial charge in [-0.2, -0.15) is 0 Å². The molecule has 0 radical (unpaired) electrons. The normalized spacial score (nSPS) is 11.7. The number of amides is 2. The Hall–Kier alpha value is -3.10. The van der Waals surface area contributed by atoms with E-state index in [4.69, 9.17) is 4.74 Å². The van der Waals surface area contributed by atoms with E-state index in [1.165, 1.54) is 0 Å². The molecule has 2 amide bonds. The van der Waals surface area contributed by atoms with Crippen LogP contribution in [0, 0.1) is 0 Å². The number of benzene rings is 2. The van der Waals surface area contributed by atoms with Gasteiger partial charge >= 0.3 is 7.12 Å². The number of nitrogens with one attached hydrogen (secondary N) is 2. The van der Waals surface area contributed by atoms with Crippen LogP contribution in [0.1, 0.15) is 11.1 Å². The van der Waals surface area contributed by atoms with Gasteiger partial charge in [-0.05, 0) is 29.7 Å². The molecule has 8 heteroatoms. The molecular weight excluding hydrogens is 359 g/mol. The van der Waals surface area contributed by atoms with Crippen LogP contribution in [0.15, 0.2) is 66.7 Å². The monoisotopic (exact) mass is 382 g/mol. The van der Waals surface area contributed by atoms with Gasteiger partial charge in [0.05, 0.1) is 13.1 Å². The number of carbonyl (C=O) groups is 2. The second-order valence-corrected chi connectivity index (χ2v) is 6.12. The summed E-state index contributed by atoms with van der Waals surface area (Å²) in [5, 5.41) is 24.1. The van der Waals surface area contributed by atoms with Crippen LogP contribution >= 0.6 is 0 Å². The number of methoxy groups -OCH3 is 1. The smallest absolute Gasteiger partial charge is 0.475 e. The van der Waals surface area contributed by atoms with Crippen molar-refractivity contribution in [3.63, 3.8) is 0 Å². The first-order chi connectivity index (χ1) is 13.5. The van der Waals surface area contributed by atoms with Crippen LogP contribution in [0.3, 0.4) is 0 Å². The third-order valence-electron chi connectivity index (χ3n) is 4.00. The van der Waals surface area contributed by atoms with Gasteiger partial charge in [-0.15, -0.1) is 0 Å². The summed E-state index contributed by atoms with van der Waals surface area (Å²) < 4.78 is 5.07. The molecule has 4 N–H and O–H groups in total. The van der Waals surface area contributed by atoms with E-state index < -0.39 is 24.9 Å². The van der Waals surface area contributed by atoms with Gasteiger partial charge in [0.25, 0.3) is 0 Å². The van der Waals surface area contributed by atoms with Crippen molar-refractivity contribution >= 4 is 18.9 Å². The van der Waals surface area contributed by atoms with E-state index in [2.05, 4.69) is 10.6 Å². The Morgan fingerprint density at radius 2 is 1.64 bits per heavy atom. The number of rotatable bonds is 9. The Morgan fingerprint density at radius 3 is 2.25 bits per heavy atom. The minimum atomic E-state index is -1.72. The maximum Gasteiger partial charge on any atom is 0.475 e.